The first-order valence-electron chi connectivity index (χ1n) is 8.28. The van der Waals surface area contributed by atoms with E-state index < -0.39 is 0 Å². The van der Waals surface area contributed by atoms with Gasteiger partial charge in [0.15, 0.2) is 11.5 Å². The van der Waals surface area contributed by atoms with E-state index in [4.69, 9.17) is 13.9 Å². The van der Waals surface area contributed by atoms with Crippen LogP contribution in [0.5, 0.6) is 11.5 Å². The molecule has 1 aliphatic heterocycles. The van der Waals surface area contributed by atoms with Crippen molar-refractivity contribution in [3.8, 4) is 11.5 Å². The van der Waals surface area contributed by atoms with Gasteiger partial charge in [-0.1, -0.05) is 0 Å². The maximum atomic E-state index is 12.8. The second-order valence-electron chi connectivity index (χ2n) is 5.97. The minimum absolute atomic E-state index is 0.122. The molecular formula is C20H18N2O4. The van der Waals surface area contributed by atoms with Gasteiger partial charge in [0, 0.05) is 22.9 Å². The van der Waals surface area contributed by atoms with E-state index in [1.807, 2.05) is 30.3 Å². The van der Waals surface area contributed by atoms with Crippen LogP contribution in [-0.2, 0) is 0 Å². The normalized spacial score (nSPS) is 13.8. The van der Waals surface area contributed by atoms with E-state index in [2.05, 4.69) is 5.10 Å². The molecule has 2 aromatic carbocycles. The first kappa shape index (κ1) is 16.2. The predicted octanol–water partition coefficient (Wildman–Crippen LogP) is 3.70. The summed E-state index contributed by atoms with van der Waals surface area (Å²) in [5, 5.41) is 6.92. The second kappa shape index (κ2) is 6.55. The lowest BCUT2D eigenvalue weighted by Gasteiger charge is -2.11. The van der Waals surface area contributed by atoms with Crippen LogP contribution in [0.3, 0.4) is 0 Å². The van der Waals surface area contributed by atoms with Crippen molar-refractivity contribution in [3.05, 3.63) is 59.9 Å². The van der Waals surface area contributed by atoms with Crippen molar-refractivity contribution in [1.82, 2.24) is 5.01 Å². The summed E-state index contributed by atoms with van der Waals surface area (Å²) in [5.74, 6) is 1.18. The van der Waals surface area contributed by atoms with Crippen molar-refractivity contribution in [3.63, 3.8) is 0 Å². The summed E-state index contributed by atoms with van der Waals surface area (Å²) in [6, 6.07) is 12.9. The molecule has 4 rings (SSSR count). The quantitative estimate of drug-likeness (QED) is 0.720. The minimum Gasteiger partial charge on any atom is -0.493 e. The van der Waals surface area contributed by atoms with E-state index in [1.165, 1.54) is 5.01 Å². The number of hydrogen-bond donors (Lipinski definition) is 0. The van der Waals surface area contributed by atoms with Crippen molar-refractivity contribution < 1.29 is 18.7 Å². The zero-order valence-electron chi connectivity index (χ0n) is 14.6. The maximum absolute atomic E-state index is 12.8. The van der Waals surface area contributed by atoms with Crippen LogP contribution < -0.4 is 9.47 Å². The Morgan fingerprint density at radius 3 is 2.73 bits per heavy atom. The lowest BCUT2D eigenvalue weighted by atomic mass is 10.1. The summed E-state index contributed by atoms with van der Waals surface area (Å²) < 4.78 is 15.9. The molecule has 26 heavy (non-hydrogen) atoms. The fourth-order valence-corrected chi connectivity index (χ4v) is 3.07. The Kier molecular flexibility index (Phi) is 4.08. The SMILES string of the molecule is COc1ccc(C2=NN(C(=O)c3ccc4occc4c3)CC2)cc1OC. The Bertz CT molecular complexity index is 1010. The van der Waals surface area contributed by atoms with Crippen molar-refractivity contribution >= 4 is 22.6 Å². The summed E-state index contributed by atoms with van der Waals surface area (Å²) in [7, 11) is 3.20. The van der Waals surface area contributed by atoms with Gasteiger partial charge in [0.05, 0.1) is 32.7 Å². The predicted molar refractivity (Wildman–Crippen MR) is 98.0 cm³/mol. The molecule has 0 spiro atoms. The lowest BCUT2D eigenvalue weighted by Crippen LogP contribution is -2.23. The standard InChI is InChI=1S/C20H18N2O4/c1-24-18-6-3-13(12-19(18)25-2)16-7-9-22(21-16)20(23)15-4-5-17-14(11-15)8-10-26-17/h3-6,8,10-12H,7,9H2,1-2H3. The molecule has 0 radical (unpaired) electrons. The van der Waals surface area contributed by atoms with Gasteiger partial charge < -0.3 is 13.9 Å². The van der Waals surface area contributed by atoms with Gasteiger partial charge in [-0.3, -0.25) is 4.79 Å². The molecule has 3 aromatic rings. The smallest absolute Gasteiger partial charge is 0.273 e. The second-order valence-corrected chi connectivity index (χ2v) is 5.97. The van der Waals surface area contributed by atoms with Gasteiger partial charge in [0.2, 0.25) is 0 Å². The molecule has 0 unspecified atom stereocenters. The highest BCUT2D eigenvalue weighted by molar-refractivity contribution is 6.05. The number of rotatable bonds is 4. The average molecular weight is 350 g/mol. The molecule has 1 amide bonds. The van der Waals surface area contributed by atoms with Crippen molar-refractivity contribution in [2.75, 3.05) is 20.8 Å². The molecule has 0 saturated carbocycles. The van der Waals surface area contributed by atoms with Gasteiger partial charge in [0.1, 0.15) is 5.58 Å². The topological polar surface area (TPSA) is 64.3 Å². The van der Waals surface area contributed by atoms with E-state index in [0.29, 0.717) is 30.0 Å². The Labute approximate surface area is 150 Å². The van der Waals surface area contributed by atoms with Gasteiger partial charge in [-0.2, -0.15) is 5.10 Å². The largest absolute Gasteiger partial charge is 0.493 e. The molecule has 132 valence electrons. The van der Waals surface area contributed by atoms with Gasteiger partial charge in [0.25, 0.3) is 5.91 Å². The van der Waals surface area contributed by atoms with Crippen LogP contribution in [0.4, 0.5) is 0 Å². The fourth-order valence-electron chi connectivity index (χ4n) is 3.07. The number of benzene rings is 2. The lowest BCUT2D eigenvalue weighted by molar-refractivity contribution is 0.0778. The molecule has 2 heterocycles. The van der Waals surface area contributed by atoms with Crippen molar-refractivity contribution in [2.45, 2.75) is 6.42 Å². The van der Waals surface area contributed by atoms with Gasteiger partial charge in [-0.25, -0.2) is 5.01 Å². The van der Waals surface area contributed by atoms with E-state index in [-0.39, 0.29) is 5.91 Å². The highest BCUT2D eigenvalue weighted by Crippen LogP contribution is 2.29. The number of fused-ring (bicyclic) bond motifs is 1. The number of furan rings is 1. The molecule has 0 saturated heterocycles. The van der Waals surface area contributed by atoms with E-state index >= 15 is 0 Å². The van der Waals surface area contributed by atoms with E-state index in [0.717, 1.165) is 22.2 Å². The van der Waals surface area contributed by atoms with Gasteiger partial charge in [-0.15, -0.1) is 0 Å². The van der Waals surface area contributed by atoms with Crippen LogP contribution in [0, 0.1) is 0 Å². The number of amides is 1. The van der Waals surface area contributed by atoms with Crippen LogP contribution in [0.25, 0.3) is 11.0 Å². The average Bonchev–Trinajstić information content (AvgIpc) is 3.35. The van der Waals surface area contributed by atoms with Crippen molar-refractivity contribution in [2.24, 2.45) is 5.10 Å². The highest BCUT2D eigenvalue weighted by atomic mass is 16.5. The zero-order valence-corrected chi connectivity index (χ0v) is 14.6. The fraction of sp³-hybridized carbons (Fsp3) is 0.200. The zero-order chi connectivity index (χ0) is 18.1. The first-order valence-corrected chi connectivity index (χ1v) is 8.28. The number of carbonyl (C=O) groups is 1. The minimum atomic E-state index is -0.122. The summed E-state index contributed by atoms with van der Waals surface area (Å²) in [4.78, 5) is 12.8. The molecule has 1 aromatic heterocycles. The van der Waals surface area contributed by atoms with Crippen molar-refractivity contribution in [1.29, 1.82) is 0 Å². The highest BCUT2D eigenvalue weighted by Gasteiger charge is 2.23. The number of nitrogens with zero attached hydrogens (tertiary/aromatic N) is 2. The molecule has 1 aliphatic rings. The Balaban J connectivity index is 1.60. The summed E-state index contributed by atoms with van der Waals surface area (Å²) in [6.45, 7) is 0.548. The third-order valence-electron chi connectivity index (χ3n) is 4.45. The molecule has 6 heteroatoms. The number of methoxy groups -OCH3 is 2. The van der Waals surface area contributed by atoms with Crippen LogP contribution in [0.15, 0.2) is 58.2 Å². The van der Waals surface area contributed by atoms with Gasteiger partial charge in [-0.05, 0) is 42.5 Å². The number of ether oxygens (including phenoxy) is 2. The molecule has 0 N–H and O–H groups in total. The molecule has 0 aliphatic carbocycles. The first-order chi connectivity index (χ1) is 12.7. The Hall–Kier alpha value is -3.28. The summed E-state index contributed by atoms with van der Waals surface area (Å²) in [5.41, 5.74) is 3.13. The maximum Gasteiger partial charge on any atom is 0.273 e. The van der Waals surface area contributed by atoms with Crippen LogP contribution in [0.1, 0.15) is 22.3 Å². The number of carbonyl (C=O) groups excluding carboxylic acids is 1. The van der Waals surface area contributed by atoms with Crippen LogP contribution >= 0.6 is 0 Å². The molecular weight excluding hydrogens is 332 g/mol. The third kappa shape index (κ3) is 2.79. The Morgan fingerprint density at radius 1 is 1.08 bits per heavy atom. The van der Waals surface area contributed by atoms with Gasteiger partial charge >= 0.3 is 0 Å². The third-order valence-corrected chi connectivity index (χ3v) is 4.45. The number of hydrazone groups is 1. The molecule has 0 atom stereocenters. The van der Waals surface area contributed by atoms with Crippen LogP contribution in [0.2, 0.25) is 0 Å². The molecule has 0 bridgehead atoms. The molecule has 6 nitrogen and oxygen atoms in total. The summed E-state index contributed by atoms with van der Waals surface area (Å²) >= 11 is 0. The monoisotopic (exact) mass is 350 g/mol. The number of hydrogen-bond acceptors (Lipinski definition) is 5. The Morgan fingerprint density at radius 2 is 1.92 bits per heavy atom. The van der Waals surface area contributed by atoms with E-state index in [1.54, 1.807) is 32.6 Å². The molecule has 0 fully saturated rings. The summed E-state index contributed by atoms with van der Waals surface area (Å²) in [6.07, 6.45) is 2.30. The van der Waals surface area contributed by atoms with Crippen LogP contribution in [-0.4, -0.2) is 37.4 Å². The van der Waals surface area contributed by atoms with E-state index in [9.17, 15) is 4.79 Å².